The minimum absolute atomic E-state index is 0.218. The van der Waals surface area contributed by atoms with Crippen LogP contribution in [0.15, 0.2) is 36.4 Å². The van der Waals surface area contributed by atoms with Gasteiger partial charge in [-0.2, -0.15) is 0 Å². The molecule has 20 heavy (non-hydrogen) atoms. The first-order chi connectivity index (χ1) is 9.61. The maximum atomic E-state index is 13.2. The molecule has 1 N–H and O–H groups in total. The van der Waals surface area contributed by atoms with Crippen molar-refractivity contribution in [3.05, 3.63) is 52.0 Å². The van der Waals surface area contributed by atoms with Gasteiger partial charge >= 0.3 is 0 Å². The number of amides is 1. The molecule has 0 saturated heterocycles. The Kier molecular flexibility index (Phi) is 4.51. The number of thiophene rings is 1. The number of nitrogens with zero attached hydrogens (tertiary/aromatic N) is 1. The SMILES string of the molecule is CN(C(=O)c1ccc(C#CCO)s1)c1cccc(F)c1. The van der Waals surface area contributed by atoms with E-state index in [0.29, 0.717) is 15.4 Å². The molecule has 1 aromatic heterocycles. The minimum Gasteiger partial charge on any atom is -0.384 e. The third-order valence-corrected chi connectivity index (χ3v) is 3.60. The summed E-state index contributed by atoms with van der Waals surface area (Å²) in [5.74, 6) is 4.66. The molecular formula is C15H12FNO2S. The molecule has 0 aliphatic rings. The number of benzene rings is 1. The summed E-state index contributed by atoms with van der Waals surface area (Å²) in [7, 11) is 1.59. The highest BCUT2D eigenvalue weighted by atomic mass is 32.1. The second-order valence-electron chi connectivity index (χ2n) is 3.97. The van der Waals surface area contributed by atoms with Crippen LogP contribution in [0.2, 0.25) is 0 Å². The molecule has 2 rings (SSSR count). The Balaban J connectivity index is 2.20. The summed E-state index contributed by atoms with van der Waals surface area (Å²) < 4.78 is 13.2. The number of carbonyl (C=O) groups excluding carboxylic acids is 1. The third-order valence-electron chi connectivity index (χ3n) is 2.61. The van der Waals surface area contributed by atoms with E-state index in [1.807, 2.05) is 0 Å². The Morgan fingerprint density at radius 1 is 1.40 bits per heavy atom. The van der Waals surface area contributed by atoms with E-state index < -0.39 is 0 Å². The van der Waals surface area contributed by atoms with Crippen LogP contribution in [0.25, 0.3) is 0 Å². The van der Waals surface area contributed by atoms with Gasteiger partial charge in [0.05, 0.1) is 9.75 Å². The van der Waals surface area contributed by atoms with Gasteiger partial charge in [-0.1, -0.05) is 17.9 Å². The van der Waals surface area contributed by atoms with Gasteiger partial charge in [-0.3, -0.25) is 4.79 Å². The van der Waals surface area contributed by atoms with Crippen molar-refractivity contribution >= 4 is 22.9 Å². The second kappa shape index (κ2) is 6.33. The van der Waals surface area contributed by atoms with Crippen LogP contribution in [0, 0.1) is 17.7 Å². The number of aliphatic hydroxyl groups is 1. The molecule has 5 heteroatoms. The van der Waals surface area contributed by atoms with Crippen molar-refractivity contribution < 1.29 is 14.3 Å². The molecule has 0 aliphatic carbocycles. The summed E-state index contributed by atoms with van der Waals surface area (Å²) in [5.41, 5.74) is 0.492. The normalized spacial score (nSPS) is 9.75. The lowest BCUT2D eigenvalue weighted by Gasteiger charge is -2.16. The van der Waals surface area contributed by atoms with Crippen molar-refractivity contribution in [2.75, 3.05) is 18.6 Å². The summed E-state index contributed by atoms with van der Waals surface area (Å²) in [4.78, 5) is 14.9. The van der Waals surface area contributed by atoms with E-state index in [0.717, 1.165) is 0 Å². The Bertz CT molecular complexity index is 684. The maximum absolute atomic E-state index is 13.2. The van der Waals surface area contributed by atoms with E-state index in [1.165, 1.54) is 28.4 Å². The number of halogens is 1. The van der Waals surface area contributed by atoms with E-state index in [4.69, 9.17) is 5.11 Å². The molecule has 1 aromatic carbocycles. The van der Waals surface area contributed by atoms with E-state index >= 15 is 0 Å². The molecule has 0 aliphatic heterocycles. The predicted molar refractivity (Wildman–Crippen MR) is 77.4 cm³/mol. The molecule has 0 radical (unpaired) electrons. The van der Waals surface area contributed by atoms with Crippen LogP contribution in [-0.4, -0.2) is 24.7 Å². The molecule has 2 aromatic rings. The topological polar surface area (TPSA) is 40.5 Å². The Morgan fingerprint density at radius 3 is 2.90 bits per heavy atom. The number of hydrogen-bond acceptors (Lipinski definition) is 3. The van der Waals surface area contributed by atoms with Crippen molar-refractivity contribution in [1.29, 1.82) is 0 Å². The summed E-state index contributed by atoms with van der Waals surface area (Å²) in [6.07, 6.45) is 0. The van der Waals surface area contributed by atoms with E-state index in [2.05, 4.69) is 11.8 Å². The molecule has 0 saturated carbocycles. The fourth-order valence-corrected chi connectivity index (χ4v) is 2.47. The van der Waals surface area contributed by atoms with Gasteiger partial charge in [0, 0.05) is 12.7 Å². The van der Waals surface area contributed by atoms with Crippen molar-refractivity contribution in [2.24, 2.45) is 0 Å². The fraction of sp³-hybridized carbons (Fsp3) is 0.133. The minimum atomic E-state index is -0.386. The van der Waals surface area contributed by atoms with Gasteiger partial charge in [0.15, 0.2) is 0 Å². The van der Waals surface area contributed by atoms with Crippen LogP contribution in [0.3, 0.4) is 0 Å². The van der Waals surface area contributed by atoms with Gasteiger partial charge < -0.3 is 10.0 Å². The number of anilines is 1. The van der Waals surface area contributed by atoms with Gasteiger partial charge in [0.25, 0.3) is 5.91 Å². The fourth-order valence-electron chi connectivity index (χ4n) is 1.61. The predicted octanol–water partition coefficient (Wildman–Crippen LogP) is 2.51. The van der Waals surface area contributed by atoms with Gasteiger partial charge in [-0.05, 0) is 30.3 Å². The summed E-state index contributed by atoms with van der Waals surface area (Å²) in [5, 5.41) is 8.63. The van der Waals surface area contributed by atoms with Crippen molar-refractivity contribution in [1.82, 2.24) is 0 Å². The number of rotatable bonds is 2. The Morgan fingerprint density at radius 2 is 2.20 bits per heavy atom. The Labute approximate surface area is 120 Å². The lowest BCUT2D eigenvalue weighted by atomic mass is 10.2. The number of carbonyl (C=O) groups is 1. The van der Waals surface area contributed by atoms with Crippen LogP contribution >= 0.6 is 11.3 Å². The molecule has 1 amide bonds. The largest absolute Gasteiger partial charge is 0.384 e. The average Bonchev–Trinajstić information content (AvgIpc) is 2.92. The third kappa shape index (κ3) is 3.23. The summed E-state index contributed by atoms with van der Waals surface area (Å²) in [6.45, 7) is -0.218. The van der Waals surface area contributed by atoms with E-state index in [-0.39, 0.29) is 18.3 Å². The Hall–Kier alpha value is -2.16. The van der Waals surface area contributed by atoms with Crippen LogP contribution in [0.4, 0.5) is 10.1 Å². The molecule has 0 fully saturated rings. The van der Waals surface area contributed by atoms with Crippen LogP contribution in [0.1, 0.15) is 14.5 Å². The van der Waals surface area contributed by atoms with Gasteiger partial charge in [0.2, 0.25) is 0 Å². The molecule has 3 nitrogen and oxygen atoms in total. The molecule has 102 valence electrons. The van der Waals surface area contributed by atoms with Gasteiger partial charge in [-0.15, -0.1) is 11.3 Å². The lowest BCUT2D eigenvalue weighted by Crippen LogP contribution is -2.25. The molecule has 0 unspecified atom stereocenters. The monoisotopic (exact) mass is 289 g/mol. The molecule has 0 spiro atoms. The van der Waals surface area contributed by atoms with Crippen LogP contribution in [0.5, 0.6) is 0 Å². The van der Waals surface area contributed by atoms with Gasteiger partial charge in [0.1, 0.15) is 12.4 Å². The second-order valence-corrected chi connectivity index (χ2v) is 5.05. The smallest absolute Gasteiger partial charge is 0.268 e. The molecule has 0 bridgehead atoms. The maximum Gasteiger partial charge on any atom is 0.268 e. The first-order valence-electron chi connectivity index (χ1n) is 5.85. The summed E-state index contributed by atoms with van der Waals surface area (Å²) >= 11 is 1.24. The summed E-state index contributed by atoms with van der Waals surface area (Å²) in [6, 6.07) is 9.25. The quantitative estimate of drug-likeness (QED) is 0.863. The van der Waals surface area contributed by atoms with Crippen LogP contribution in [-0.2, 0) is 0 Å². The zero-order chi connectivity index (χ0) is 14.5. The first-order valence-corrected chi connectivity index (χ1v) is 6.66. The van der Waals surface area contributed by atoms with Crippen LogP contribution < -0.4 is 4.90 Å². The van der Waals surface area contributed by atoms with Crippen molar-refractivity contribution in [3.8, 4) is 11.8 Å². The zero-order valence-corrected chi connectivity index (χ0v) is 11.6. The van der Waals surface area contributed by atoms with E-state index in [1.54, 1.807) is 31.3 Å². The molecule has 1 heterocycles. The first kappa shape index (κ1) is 14.3. The van der Waals surface area contributed by atoms with Crippen molar-refractivity contribution in [3.63, 3.8) is 0 Å². The molecule has 0 atom stereocenters. The van der Waals surface area contributed by atoms with Gasteiger partial charge in [-0.25, -0.2) is 4.39 Å². The average molecular weight is 289 g/mol. The standard InChI is InChI=1S/C15H12FNO2S/c1-17(12-5-2-4-11(16)10-12)15(19)14-8-7-13(20-14)6-3-9-18/h2,4-5,7-8,10,18H,9H2,1H3. The van der Waals surface area contributed by atoms with Crippen molar-refractivity contribution in [2.45, 2.75) is 0 Å². The number of hydrogen-bond donors (Lipinski definition) is 1. The highest BCUT2D eigenvalue weighted by Crippen LogP contribution is 2.21. The lowest BCUT2D eigenvalue weighted by molar-refractivity contribution is 0.0997. The molecular weight excluding hydrogens is 277 g/mol. The van der Waals surface area contributed by atoms with E-state index in [9.17, 15) is 9.18 Å². The highest BCUT2D eigenvalue weighted by molar-refractivity contribution is 7.14. The number of aliphatic hydroxyl groups excluding tert-OH is 1. The zero-order valence-electron chi connectivity index (χ0n) is 10.8. The highest BCUT2D eigenvalue weighted by Gasteiger charge is 2.15.